The van der Waals surface area contributed by atoms with Gasteiger partial charge in [-0.1, -0.05) is 32.0 Å². The molecule has 0 spiro atoms. The Morgan fingerprint density at radius 2 is 1.76 bits per heavy atom. The van der Waals surface area contributed by atoms with E-state index >= 15 is 0 Å². The molecule has 0 saturated heterocycles. The monoisotopic (exact) mass is 313 g/mol. The Hall–Kier alpha value is -1.89. The van der Waals surface area contributed by atoms with Crippen molar-refractivity contribution >= 4 is 21.7 Å². The SMILES string of the molecule is CC(C)C(=O)N[C@H](CCS(=O)(=O)c1ccccc1)C(=O)O. The van der Waals surface area contributed by atoms with Gasteiger partial charge in [0.1, 0.15) is 6.04 Å². The van der Waals surface area contributed by atoms with Crippen molar-refractivity contribution < 1.29 is 23.1 Å². The zero-order valence-electron chi connectivity index (χ0n) is 11.9. The summed E-state index contributed by atoms with van der Waals surface area (Å²) in [5, 5.41) is 11.4. The lowest BCUT2D eigenvalue weighted by atomic mass is 10.1. The fourth-order valence-electron chi connectivity index (χ4n) is 1.61. The van der Waals surface area contributed by atoms with Crippen LogP contribution in [0, 0.1) is 5.92 Å². The van der Waals surface area contributed by atoms with E-state index in [1.54, 1.807) is 32.0 Å². The highest BCUT2D eigenvalue weighted by molar-refractivity contribution is 7.91. The second kappa shape index (κ2) is 7.21. The maximum absolute atomic E-state index is 12.1. The highest BCUT2D eigenvalue weighted by atomic mass is 32.2. The molecular weight excluding hydrogens is 294 g/mol. The van der Waals surface area contributed by atoms with Crippen LogP contribution in [-0.4, -0.2) is 37.2 Å². The molecule has 1 rings (SSSR count). The van der Waals surface area contributed by atoms with Gasteiger partial charge in [0.05, 0.1) is 10.6 Å². The third-order valence-electron chi connectivity index (χ3n) is 2.92. The molecule has 0 heterocycles. The van der Waals surface area contributed by atoms with Gasteiger partial charge < -0.3 is 10.4 Å². The van der Waals surface area contributed by atoms with E-state index in [2.05, 4.69) is 5.32 Å². The summed E-state index contributed by atoms with van der Waals surface area (Å²) in [5.41, 5.74) is 0. The minimum absolute atomic E-state index is 0.143. The van der Waals surface area contributed by atoms with Crippen molar-refractivity contribution in [3.63, 3.8) is 0 Å². The lowest BCUT2D eigenvalue weighted by Gasteiger charge is -2.16. The van der Waals surface area contributed by atoms with Crippen molar-refractivity contribution in [2.24, 2.45) is 5.92 Å². The number of hydrogen-bond donors (Lipinski definition) is 2. The Labute approximate surface area is 124 Å². The van der Waals surface area contributed by atoms with Gasteiger partial charge in [0.2, 0.25) is 5.91 Å². The Morgan fingerprint density at radius 3 is 2.24 bits per heavy atom. The Bertz CT molecular complexity index is 595. The molecule has 6 nitrogen and oxygen atoms in total. The molecule has 1 atom stereocenters. The summed E-state index contributed by atoms with van der Waals surface area (Å²) in [6, 6.07) is 6.60. The van der Waals surface area contributed by atoms with E-state index in [-0.39, 0.29) is 23.0 Å². The van der Waals surface area contributed by atoms with Crippen LogP contribution in [0.25, 0.3) is 0 Å². The quantitative estimate of drug-likeness (QED) is 0.784. The van der Waals surface area contributed by atoms with Crippen molar-refractivity contribution in [3.8, 4) is 0 Å². The second-order valence-corrected chi connectivity index (χ2v) is 7.08. The van der Waals surface area contributed by atoms with Crippen molar-refractivity contribution in [2.45, 2.75) is 31.2 Å². The van der Waals surface area contributed by atoms with Gasteiger partial charge in [-0.2, -0.15) is 0 Å². The summed E-state index contributed by atoms with van der Waals surface area (Å²) in [4.78, 5) is 22.8. The molecule has 0 aliphatic rings. The molecule has 116 valence electrons. The number of aliphatic carboxylic acids is 1. The summed E-state index contributed by atoms with van der Waals surface area (Å²) in [7, 11) is -3.56. The number of amides is 1. The summed E-state index contributed by atoms with van der Waals surface area (Å²) in [6.45, 7) is 3.27. The van der Waals surface area contributed by atoms with E-state index in [1.165, 1.54) is 12.1 Å². The van der Waals surface area contributed by atoms with Gasteiger partial charge in [-0.25, -0.2) is 13.2 Å². The molecule has 0 aliphatic carbocycles. The number of carboxylic acids is 1. The van der Waals surface area contributed by atoms with Crippen LogP contribution < -0.4 is 5.32 Å². The highest BCUT2D eigenvalue weighted by Gasteiger charge is 2.24. The Kier molecular flexibility index (Phi) is 5.90. The van der Waals surface area contributed by atoms with Crippen molar-refractivity contribution in [1.82, 2.24) is 5.32 Å². The van der Waals surface area contributed by atoms with Crippen LogP contribution in [-0.2, 0) is 19.4 Å². The van der Waals surface area contributed by atoms with E-state index < -0.39 is 27.8 Å². The van der Waals surface area contributed by atoms with Gasteiger partial charge in [0, 0.05) is 5.92 Å². The minimum atomic E-state index is -3.56. The topological polar surface area (TPSA) is 101 Å². The molecule has 1 aromatic carbocycles. The zero-order chi connectivity index (χ0) is 16.0. The van der Waals surface area contributed by atoms with E-state index in [1.807, 2.05) is 0 Å². The molecule has 0 aromatic heterocycles. The maximum Gasteiger partial charge on any atom is 0.326 e. The average molecular weight is 313 g/mol. The van der Waals surface area contributed by atoms with Crippen LogP contribution in [0.3, 0.4) is 0 Å². The van der Waals surface area contributed by atoms with Crippen LogP contribution in [0.1, 0.15) is 20.3 Å². The van der Waals surface area contributed by atoms with Crippen molar-refractivity contribution in [3.05, 3.63) is 30.3 Å². The first-order chi connectivity index (χ1) is 9.74. The summed E-state index contributed by atoms with van der Waals surface area (Å²) >= 11 is 0. The number of carbonyl (C=O) groups excluding carboxylic acids is 1. The minimum Gasteiger partial charge on any atom is -0.480 e. The number of sulfone groups is 1. The van der Waals surface area contributed by atoms with Crippen LogP contribution in [0.2, 0.25) is 0 Å². The molecule has 1 amide bonds. The lowest BCUT2D eigenvalue weighted by Crippen LogP contribution is -2.43. The number of hydrogen-bond acceptors (Lipinski definition) is 4. The number of carbonyl (C=O) groups is 2. The maximum atomic E-state index is 12.1. The Balaban J connectivity index is 2.74. The molecule has 0 aliphatic heterocycles. The molecule has 0 fully saturated rings. The molecule has 21 heavy (non-hydrogen) atoms. The lowest BCUT2D eigenvalue weighted by molar-refractivity contribution is -0.142. The molecule has 1 aromatic rings. The highest BCUT2D eigenvalue weighted by Crippen LogP contribution is 2.12. The number of nitrogens with one attached hydrogen (secondary N) is 1. The first kappa shape index (κ1) is 17.2. The van der Waals surface area contributed by atoms with Gasteiger partial charge in [-0.3, -0.25) is 4.79 Å². The molecule has 0 unspecified atom stereocenters. The third-order valence-corrected chi connectivity index (χ3v) is 4.68. The molecule has 0 saturated carbocycles. The molecule has 0 bridgehead atoms. The van der Waals surface area contributed by atoms with Gasteiger partial charge >= 0.3 is 5.97 Å². The van der Waals surface area contributed by atoms with Crippen LogP contribution in [0.4, 0.5) is 0 Å². The van der Waals surface area contributed by atoms with E-state index in [0.717, 1.165) is 0 Å². The van der Waals surface area contributed by atoms with E-state index in [9.17, 15) is 18.0 Å². The van der Waals surface area contributed by atoms with Gasteiger partial charge in [0.15, 0.2) is 9.84 Å². The normalized spacial score (nSPS) is 12.9. The van der Waals surface area contributed by atoms with Gasteiger partial charge in [-0.15, -0.1) is 0 Å². The molecule has 0 radical (unpaired) electrons. The first-order valence-electron chi connectivity index (χ1n) is 6.55. The fraction of sp³-hybridized carbons (Fsp3) is 0.429. The molecule has 7 heteroatoms. The van der Waals surface area contributed by atoms with Crippen molar-refractivity contribution in [1.29, 1.82) is 0 Å². The van der Waals surface area contributed by atoms with Crippen LogP contribution in [0.15, 0.2) is 35.2 Å². The van der Waals surface area contributed by atoms with Crippen LogP contribution in [0.5, 0.6) is 0 Å². The van der Waals surface area contributed by atoms with Gasteiger partial charge in [-0.05, 0) is 18.6 Å². The standard InChI is InChI=1S/C14H19NO5S/c1-10(2)13(16)15-12(14(17)18)8-9-21(19,20)11-6-4-3-5-7-11/h3-7,10,12H,8-9H2,1-2H3,(H,15,16)(H,17,18)/t12-/m1/s1. The summed E-state index contributed by atoms with van der Waals surface area (Å²) < 4.78 is 24.1. The third kappa shape index (κ3) is 5.18. The number of benzene rings is 1. The predicted octanol–water partition coefficient (Wildman–Crippen LogP) is 1.08. The fourth-order valence-corrected chi connectivity index (χ4v) is 2.97. The van der Waals surface area contributed by atoms with Crippen molar-refractivity contribution in [2.75, 3.05) is 5.75 Å². The zero-order valence-corrected chi connectivity index (χ0v) is 12.8. The molecule has 2 N–H and O–H groups in total. The summed E-state index contributed by atoms with van der Waals surface area (Å²) in [6.07, 6.45) is -0.176. The number of carboxylic acid groups (broad SMARTS) is 1. The van der Waals surface area contributed by atoms with E-state index in [0.29, 0.717) is 0 Å². The first-order valence-corrected chi connectivity index (χ1v) is 8.20. The number of rotatable bonds is 7. The summed E-state index contributed by atoms with van der Waals surface area (Å²) in [5.74, 6) is -2.36. The average Bonchev–Trinajstić information content (AvgIpc) is 2.43. The van der Waals surface area contributed by atoms with E-state index in [4.69, 9.17) is 5.11 Å². The Morgan fingerprint density at radius 1 is 1.19 bits per heavy atom. The molecular formula is C14H19NO5S. The van der Waals surface area contributed by atoms with Gasteiger partial charge in [0.25, 0.3) is 0 Å². The van der Waals surface area contributed by atoms with Crippen LogP contribution >= 0.6 is 0 Å². The second-order valence-electron chi connectivity index (χ2n) is 4.97. The predicted molar refractivity (Wildman–Crippen MR) is 77.5 cm³/mol. The smallest absolute Gasteiger partial charge is 0.326 e. The largest absolute Gasteiger partial charge is 0.480 e.